The van der Waals surface area contributed by atoms with Crippen LogP contribution in [0.2, 0.25) is 0 Å². The number of hydrogen-bond acceptors (Lipinski definition) is 3. The first-order chi connectivity index (χ1) is 30.3. The van der Waals surface area contributed by atoms with Crippen molar-refractivity contribution in [2.24, 2.45) is 0 Å². The lowest BCUT2D eigenvalue weighted by molar-refractivity contribution is 0.794. The van der Waals surface area contributed by atoms with Crippen molar-refractivity contribution in [1.29, 1.82) is 0 Å². The fourth-order valence-electron chi connectivity index (χ4n) is 10.7. The quantitative estimate of drug-likeness (QED) is 0.132. The summed E-state index contributed by atoms with van der Waals surface area (Å²) in [6, 6.07) is 76.7. The fraction of sp³-hybridized carbons (Fsp3) is 0.0172. The van der Waals surface area contributed by atoms with Gasteiger partial charge in [-0.05, 0) is 94.0 Å². The molecular formula is C58H35N3. The Morgan fingerprint density at radius 1 is 0.262 bits per heavy atom. The van der Waals surface area contributed by atoms with Gasteiger partial charge in [0.1, 0.15) is 0 Å². The van der Waals surface area contributed by atoms with E-state index in [1.165, 1.54) is 55.1 Å². The summed E-state index contributed by atoms with van der Waals surface area (Å²) in [5, 5.41) is 6.94. The molecule has 0 atom stereocenters. The van der Waals surface area contributed by atoms with E-state index in [0.717, 1.165) is 49.5 Å². The van der Waals surface area contributed by atoms with Crippen LogP contribution in [0.3, 0.4) is 0 Å². The SMILES string of the molecule is c1ccc(-c2ccccc2-c2nc(-c3cccc4c3-c3ccccc3C43c4ccccc4-c4ccccc43)nc(-c3c4ccccc4cc4c3ccc3ccccc34)n2)cc1. The third-order valence-electron chi connectivity index (χ3n) is 13.1. The highest BCUT2D eigenvalue weighted by atomic mass is 15.0. The summed E-state index contributed by atoms with van der Waals surface area (Å²) in [5.74, 6) is 1.93. The average Bonchev–Trinajstić information content (AvgIpc) is 3.81. The van der Waals surface area contributed by atoms with Crippen LogP contribution in [0.4, 0.5) is 0 Å². The van der Waals surface area contributed by atoms with Crippen molar-refractivity contribution in [2.75, 3.05) is 0 Å². The molecule has 1 heterocycles. The summed E-state index contributed by atoms with van der Waals surface area (Å²) in [6.07, 6.45) is 0. The number of nitrogens with zero attached hydrogens (tertiary/aromatic N) is 3. The van der Waals surface area contributed by atoms with E-state index < -0.39 is 5.41 Å². The van der Waals surface area contributed by atoms with E-state index in [-0.39, 0.29) is 0 Å². The van der Waals surface area contributed by atoms with Gasteiger partial charge in [-0.3, -0.25) is 0 Å². The molecule has 0 bridgehead atoms. The number of aromatic nitrogens is 3. The van der Waals surface area contributed by atoms with Gasteiger partial charge in [0.15, 0.2) is 17.5 Å². The van der Waals surface area contributed by atoms with Crippen molar-refractivity contribution in [2.45, 2.75) is 5.41 Å². The molecule has 2 aliphatic carbocycles. The Balaban J connectivity index is 1.15. The molecule has 11 aromatic rings. The molecule has 0 aliphatic heterocycles. The van der Waals surface area contributed by atoms with Gasteiger partial charge in [0.05, 0.1) is 5.41 Å². The summed E-state index contributed by atoms with van der Waals surface area (Å²) < 4.78 is 0. The minimum atomic E-state index is -0.486. The van der Waals surface area contributed by atoms with E-state index >= 15 is 0 Å². The zero-order valence-electron chi connectivity index (χ0n) is 33.0. The van der Waals surface area contributed by atoms with E-state index in [9.17, 15) is 0 Å². The maximum Gasteiger partial charge on any atom is 0.165 e. The van der Waals surface area contributed by atoms with Gasteiger partial charge in [-0.15, -0.1) is 0 Å². The van der Waals surface area contributed by atoms with Gasteiger partial charge in [-0.1, -0.05) is 206 Å². The predicted molar refractivity (Wildman–Crippen MR) is 250 cm³/mol. The zero-order valence-corrected chi connectivity index (χ0v) is 33.0. The summed E-state index contributed by atoms with van der Waals surface area (Å²) in [7, 11) is 0. The summed E-state index contributed by atoms with van der Waals surface area (Å²) in [5.41, 5.74) is 14.7. The normalized spacial score (nSPS) is 13.0. The second-order valence-corrected chi connectivity index (χ2v) is 16.2. The first-order valence-corrected chi connectivity index (χ1v) is 20.9. The van der Waals surface area contributed by atoms with Crippen LogP contribution >= 0.6 is 0 Å². The lowest BCUT2D eigenvalue weighted by Gasteiger charge is -2.30. The van der Waals surface area contributed by atoms with Crippen LogP contribution in [0.25, 0.3) is 99.9 Å². The largest absolute Gasteiger partial charge is 0.208 e. The van der Waals surface area contributed by atoms with Gasteiger partial charge in [0.25, 0.3) is 0 Å². The molecule has 0 N–H and O–H groups in total. The molecule has 282 valence electrons. The molecule has 2 aliphatic rings. The van der Waals surface area contributed by atoms with E-state index in [2.05, 4.69) is 212 Å². The van der Waals surface area contributed by atoms with Crippen LogP contribution in [0, 0.1) is 0 Å². The van der Waals surface area contributed by atoms with E-state index in [1.807, 2.05) is 0 Å². The third kappa shape index (κ3) is 4.77. The maximum atomic E-state index is 5.61. The van der Waals surface area contributed by atoms with E-state index in [1.54, 1.807) is 0 Å². The van der Waals surface area contributed by atoms with Crippen molar-refractivity contribution < 1.29 is 0 Å². The van der Waals surface area contributed by atoms with Crippen LogP contribution in [0.5, 0.6) is 0 Å². The third-order valence-corrected chi connectivity index (χ3v) is 13.1. The predicted octanol–water partition coefficient (Wildman–Crippen LogP) is 14.3. The van der Waals surface area contributed by atoms with Gasteiger partial charge in [0.2, 0.25) is 0 Å². The minimum absolute atomic E-state index is 0.486. The Morgan fingerprint density at radius 3 is 1.51 bits per heavy atom. The van der Waals surface area contributed by atoms with Gasteiger partial charge in [0, 0.05) is 16.7 Å². The standard InChI is InChI=1S/C58H35N3/c1-2-17-36(18-3-1)39-21-8-9-26-45(39)55-59-56(61-57(60-55)54-41-23-7-5-20-38(41)35-48-40-22-6-4-19-37(40)33-34-44(48)54)47-28-16-32-52-53(47)46-27-12-15-31-51(46)58(52)49-29-13-10-24-42(49)43-25-11-14-30-50(43)58/h1-35H. The summed E-state index contributed by atoms with van der Waals surface area (Å²) >= 11 is 0. The van der Waals surface area contributed by atoms with Gasteiger partial charge < -0.3 is 0 Å². The van der Waals surface area contributed by atoms with Crippen LogP contribution in [0.1, 0.15) is 22.3 Å². The molecule has 1 spiro atoms. The van der Waals surface area contributed by atoms with Crippen LogP contribution in [-0.4, -0.2) is 15.0 Å². The van der Waals surface area contributed by atoms with Crippen LogP contribution in [0.15, 0.2) is 212 Å². The molecule has 13 rings (SSSR count). The second kappa shape index (κ2) is 13.0. The zero-order chi connectivity index (χ0) is 40.1. The van der Waals surface area contributed by atoms with E-state index in [0.29, 0.717) is 17.5 Å². The van der Waals surface area contributed by atoms with Gasteiger partial charge in [-0.25, -0.2) is 15.0 Å². The summed E-state index contributed by atoms with van der Waals surface area (Å²) in [6.45, 7) is 0. The molecule has 0 unspecified atom stereocenters. The Labute approximate surface area is 353 Å². The monoisotopic (exact) mass is 773 g/mol. The van der Waals surface area contributed by atoms with Crippen molar-refractivity contribution in [3.8, 4) is 67.5 Å². The highest BCUT2D eigenvalue weighted by Crippen LogP contribution is 2.63. The Kier molecular flexibility index (Phi) is 7.22. The Bertz CT molecular complexity index is 3560. The minimum Gasteiger partial charge on any atom is -0.208 e. The molecule has 3 heteroatoms. The molecule has 0 radical (unpaired) electrons. The first kappa shape index (κ1) is 33.9. The molecule has 0 saturated carbocycles. The molecule has 1 aromatic heterocycles. The van der Waals surface area contributed by atoms with Crippen LogP contribution in [-0.2, 0) is 5.41 Å². The lowest BCUT2D eigenvalue weighted by atomic mass is 9.70. The number of fused-ring (bicyclic) bond motifs is 14. The second-order valence-electron chi connectivity index (χ2n) is 16.2. The number of hydrogen-bond donors (Lipinski definition) is 0. The maximum absolute atomic E-state index is 5.61. The lowest BCUT2D eigenvalue weighted by Crippen LogP contribution is -2.25. The van der Waals surface area contributed by atoms with Crippen molar-refractivity contribution >= 4 is 32.3 Å². The van der Waals surface area contributed by atoms with Crippen molar-refractivity contribution in [3.63, 3.8) is 0 Å². The molecule has 3 nitrogen and oxygen atoms in total. The van der Waals surface area contributed by atoms with Crippen molar-refractivity contribution in [3.05, 3.63) is 235 Å². The molecule has 10 aromatic carbocycles. The topological polar surface area (TPSA) is 38.7 Å². The molecule has 0 saturated heterocycles. The average molecular weight is 774 g/mol. The Hall–Kier alpha value is -8.01. The van der Waals surface area contributed by atoms with Gasteiger partial charge in [-0.2, -0.15) is 0 Å². The van der Waals surface area contributed by atoms with Gasteiger partial charge >= 0.3 is 0 Å². The number of benzene rings is 10. The molecule has 0 amide bonds. The summed E-state index contributed by atoms with van der Waals surface area (Å²) in [4.78, 5) is 16.7. The highest BCUT2D eigenvalue weighted by molar-refractivity contribution is 6.19. The molecule has 61 heavy (non-hydrogen) atoms. The smallest absolute Gasteiger partial charge is 0.165 e. The first-order valence-electron chi connectivity index (χ1n) is 20.9. The highest BCUT2D eigenvalue weighted by Gasteiger charge is 2.52. The van der Waals surface area contributed by atoms with Crippen LogP contribution < -0.4 is 0 Å². The molecule has 0 fully saturated rings. The Morgan fingerprint density at radius 2 is 0.770 bits per heavy atom. The fourth-order valence-corrected chi connectivity index (χ4v) is 10.7. The number of rotatable bonds is 4. The van der Waals surface area contributed by atoms with E-state index in [4.69, 9.17) is 15.0 Å². The van der Waals surface area contributed by atoms with Crippen molar-refractivity contribution in [1.82, 2.24) is 15.0 Å². The molecular weight excluding hydrogens is 739 g/mol.